The zero-order valence-corrected chi connectivity index (χ0v) is 22.3. The fourth-order valence-electron chi connectivity index (χ4n) is 5.13. The van der Waals surface area contributed by atoms with Crippen LogP contribution >= 0.6 is 15.8 Å². The van der Waals surface area contributed by atoms with Gasteiger partial charge in [-0.25, -0.2) is 4.79 Å². The van der Waals surface area contributed by atoms with Crippen molar-refractivity contribution in [3.05, 3.63) is 121 Å². The third kappa shape index (κ3) is 5.54. The average molecular weight is 512 g/mol. The lowest BCUT2D eigenvalue weighted by atomic mass is 10.2. The first-order valence-electron chi connectivity index (χ1n) is 12.4. The lowest BCUT2D eigenvalue weighted by molar-refractivity contribution is 0.122. The predicted octanol–water partition coefficient (Wildman–Crippen LogP) is 5.46. The molecule has 0 spiro atoms. The van der Waals surface area contributed by atoms with Gasteiger partial charge in [0, 0.05) is 18.2 Å². The molecular weight excluding hydrogens is 480 g/mol. The molecule has 0 unspecified atom stereocenters. The van der Waals surface area contributed by atoms with Gasteiger partial charge in [0.1, 0.15) is 0 Å². The summed E-state index contributed by atoms with van der Waals surface area (Å²) in [7, 11) is 0.283. The van der Waals surface area contributed by atoms with E-state index in [-0.39, 0.29) is 12.1 Å². The Balaban J connectivity index is 1.49. The van der Waals surface area contributed by atoms with Crippen LogP contribution < -0.4 is 21.2 Å². The Morgan fingerprint density at radius 1 is 0.722 bits per heavy atom. The van der Waals surface area contributed by atoms with Crippen LogP contribution in [0.5, 0.6) is 0 Å². The van der Waals surface area contributed by atoms with Gasteiger partial charge in [-0.15, -0.1) is 0 Å². The SMILES string of the molecule is COC(=O)N1C[C@@H](P(c2ccccc2)c2ccccc2)C[C@H]1CP(c1ccccc1)c1ccccc1. The monoisotopic (exact) mass is 511 g/mol. The van der Waals surface area contributed by atoms with Gasteiger partial charge in [-0.2, -0.15) is 0 Å². The van der Waals surface area contributed by atoms with Gasteiger partial charge in [0.15, 0.2) is 0 Å². The lowest BCUT2D eigenvalue weighted by Crippen LogP contribution is -2.38. The second-order valence-electron chi connectivity index (χ2n) is 8.99. The second-order valence-corrected chi connectivity index (χ2v) is 13.7. The number of methoxy groups -OCH3 is 1. The van der Waals surface area contributed by atoms with Gasteiger partial charge in [-0.05, 0) is 49.6 Å². The molecule has 36 heavy (non-hydrogen) atoms. The summed E-state index contributed by atoms with van der Waals surface area (Å²) in [6.45, 7) is 0.722. The number of benzene rings is 4. The van der Waals surface area contributed by atoms with E-state index in [2.05, 4.69) is 121 Å². The van der Waals surface area contributed by atoms with Crippen LogP contribution in [0.25, 0.3) is 0 Å². The summed E-state index contributed by atoms with van der Waals surface area (Å²) in [6.07, 6.45) is 1.69. The molecule has 1 saturated heterocycles. The van der Waals surface area contributed by atoms with E-state index in [1.165, 1.54) is 28.3 Å². The van der Waals surface area contributed by atoms with Gasteiger partial charge >= 0.3 is 6.09 Å². The van der Waals surface area contributed by atoms with Gasteiger partial charge in [0.25, 0.3) is 0 Å². The maximum absolute atomic E-state index is 13.0. The van der Waals surface area contributed by atoms with Crippen LogP contribution in [0.2, 0.25) is 0 Å². The standard InChI is InChI=1S/C31H31NO2P2/c1-34-31(33)32-23-30(36(28-18-10-4-11-19-28)29-20-12-5-13-21-29)22-25(32)24-35(26-14-6-2-7-15-26)27-16-8-3-9-17-27/h2-21,25,30H,22-24H2,1H3/t25-,30-/m0/s1. The first kappa shape index (κ1) is 24.7. The van der Waals surface area contributed by atoms with E-state index in [0.29, 0.717) is 5.66 Å². The summed E-state index contributed by atoms with van der Waals surface area (Å²) < 4.78 is 5.30. The zero-order valence-electron chi connectivity index (χ0n) is 20.5. The van der Waals surface area contributed by atoms with E-state index in [1.54, 1.807) is 0 Å². The number of likely N-dealkylation sites (tertiary alicyclic amines) is 1. The van der Waals surface area contributed by atoms with E-state index in [4.69, 9.17) is 4.74 Å². The fourth-order valence-corrected chi connectivity index (χ4v) is 10.6. The van der Waals surface area contributed by atoms with Crippen molar-refractivity contribution in [1.29, 1.82) is 0 Å². The third-order valence-electron chi connectivity index (χ3n) is 6.76. The molecule has 2 atom stereocenters. The number of amides is 1. The minimum atomic E-state index is -0.611. The maximum atomic E-state index is 13.0. The fraction of sp³-hybridized carbons (Fsp3) is 0.194. The molecule has 4 aromatic rings. The number of ether oxygens (including phenoxy) is 1. The van der Waals surface area contributed by atoms with Crippen LogP contribution in [0.4, 0.5) is 4.79 Å². The summed E-state index contributed by atoms with van der Waals surface area (Å²) in [5.74, 6) is 0. The molecule has 1 fully saturated rings. The van der Waals surface area contributed by atoms with E-state index in [0.717, 1.165) is 19.1 Å². The van der Waals surface area contributed by atoms with Crippen molar-refractivity contribution in [1.82, 2.24) is 4.90 Å². The Kier molecular flexibility index (Phi) is 8.11. The molecule has 0 radical (unpaired) electrons. The van der Waals surface area contributed by atoms with Crippen LogP contribution in [0.15, 0.2) is 121 Å². The Morgan fingerprint density at radius 2 is 1.14 bits per heavy atom. The molecule has 1 amide bonds. The summed E-state index contributed by atoms with van der Waals surface area (Å²) in [5, 5.41) is 5.42. The second kappa shape index (κ2) is 11.8. The van der Waals surface area contributed by atoms with E-state index in [9.17, 15) is 4.79 Å². The molecular formula is C31H31NO2P2. The van der Waals surface area contributed by atoms with Crippen molar-refractivity contribution in [3.8, 4) is 0 Å². The number of hydrogen-bond acceptors (Lipinski definition) is 2. The van der Waals surface area contributed by atoms with Gasteiger partial charge < -0.3 is 9.64 Å². The first-order valence-corrected chi connectivity index (χ1v) is 15.3. The number of rotatable bonds is 7. The number of carbonyl (C=O) groups excluding carboxylic acids is 1. The lowest BCUT2D eigenvalue weighted by Gasteiger charge is -2.28. The van der Waals surface area contributed by atoms with Crippen LogP contribution in [0.3, 0.4) is 0 Å². The molecule has 1 aliphatic rings. The summed E-state index contributed by atoms with van der Waals surface area (Å²) >= 11 is 0. The molecule has 1 aliphatic heterocycles. The number of nitrogens with zero attached hydrogens (tertiary/aromatic N) is 1. The van der Waals surface area contributed by atoms with E-state index in [1.807, 2.05) is 4.90 Å². The minimum absolute atomic E-state index is 0.131. The Bertz CT molecular complexity index is 1160. The van der Waals surface area contributed by atoms with Gasteiger partial charge in [0.2, 0.25) is 0 Å². The molecule has 0 aromatic heterocycles. The largest absolute Gasteiger partial charge is 0.453 e. The summed E-state index contributed by atoms with van der Waals surface area (Å²) in [5.41, 5.74) is 0.372. The molecule has 5 heteroatoms. The van der Waals surface area contributed by atoms with Crippen molar-refractivity contribution >= 4 is 43.2 Å². The first-order chi connectivity index (χ1) is 17.7. The van der Waals surface area contributed by atoms with Crippen molar-refractivity contribution < 1.29 is 9.53 Å². The van der Waals surface area contributed by atoms with Crippen molar-refractivity contribution in [2.45, 2.75) is 18.1 Å². The molecule has 182 valence electrons. The van der Waals surface area contributed by atoms with Crippen LogP contribution in [0.1, 0.15) is 6.42 Å². The van der Waals surface area contributed by atoms with Gasteiger partial charge in [0.05, 0.1) is 7.11 Å². The Hall–Kier alpha value is -2.99. The maximum Gasteiger partial charge on any atom is 0.409 e. The molecule has 0 aliphatic carbocycles. The quantitative estimate of drug-likeness (QED) is 0.309. The van der Waals surface area contributed by atoms with E-state index >= 15 is 0 Å². The molecule has 1 heterocycles. The third-order valence-corrected chi connectivity index (χ3v) is 12.2. The average Bonchev–Trinajstić information content (AvgIpc) is 3.37. The van der Waals surface area contributed by atoms with Crippen LogP contribution in [-0.4, -0.2) is 42.5 Å². The topological polar surface area (TPSA) is 29.5 Å². The smallest absolute Gasteiger partial charge is 0.409 e. The molecule has 5 rings (SSSR count). The molecule has 0 bridgehead atoms. The molecule has 3 nitrogen and oxygen atoms in total. The summed E-state index contributed by atoms with van der Waals surface area (Å²) in [4.78, 5) is 15.0. The van der Waals surface area contributed by atoms with Gasteiger partial charge in [-0.1, -0.05) is 121 Å². The van der Waals surface area contributed by atoms with Crippen molar-refractivity contribution in [3.63, 3.8) is 0 Å². The number of carbonyl (C=O) groups is 1. The molecule has 4 aromatic carbocycles. The highest BCUT2D eigenvalue weighted by molar-refractivity contribution is 7.74. The summed E-state index contributed by atoms with van der Waals surface area (Å²) in [6, 6.07) is 43.3. The number of hydrogen-bond donors (Lipinski definition) is 0. The molecule has 0 saturated carbocycles. The Morgan fingerprint density at radius 3 is 1.56 bits per heavy atom. The minimum Gasteiger partial charge on any atom is -0.453 e. The molecule has 0 N–H and O–H groups in total. The van der Waals surface area contributed by atoms with Crippen molar-refractivity contribution in [2.24, 2.45) is 0 Å². The predicted molar refractivity (Wildman–Crippen MR) is 154 cm³/mol. The van der Waals surface area contributed by atoms with E-state index < -0.39 is 15.8 Å². The van der Waals surface area contributed by atoms with Crippen LogP contribution in [0, 0.1) is 0 Å². The normalized spacial score (nSPS) is 17.5. The van der Waals surface area contributed by atoms with Crippen molar-refractivity contribution in [2.75, 3.05) is 19.8 Å². The Labute approximate surface area is 216 Å². The highest BCUT2D eigenvalue weighted by atomic mass is 31.1. The highest BCUT2D eigenvalue weighted by Gasteiger charge is 2.41. The zero-order chi connectivity index (χ0) is 24.7. The van der Waals surface area contributed by atoms with Gasteiger partial charge in [-0.3, -0.25) is 0 Å². The van der Waals surface area contributed by atoms with Crippen LogP contribution in [-0.2, 0) is 4.74 Å². The highest BCUT2D eigenvalue weighted by Crippen LogP contribution is 2.48.